The molecule has 1 aliphatic heterocycles. The molecule has 1 saturated heterocycles. The van der Waals surface area contributed by atoms with Gasteiger partial charge in [0.1, 0.15) is 6.29 Å². The van der Waals surface area contributed by atoms with Crippen molar-refractivity contribution in [1.82, 2.24) is 9.97 Å². The van der Waals surface area contributed by atoms with E-state index in [-0.39, 0.29) is 17.3 Å². The molecule has 1 fully saturated rings. The Morgan fingerprint density at radius 1 is 1.02 bits per heavy atom. The molecule has 2 aliphatic carbocycles. The van der Waals surface area contributed by atoms with Crippen LogP contribution in [0.15, 0.2) is 59.0 Å². The average molecular weight is 651 g/mol. The molecule has 48 heavy (non-hydrogen) atoms. The molecule has 0 radical (unpaired) electrons. The molecular formula is C42H56N3O3+. The van der Waals surface area contributed by atoms with Gasteiger partial charge in [-0.2, -0.15) is 0 Å². The Bertz CT molecular complexity index is 1630. The van der Waals surface area contributed by atoms with Gasteiger partial charge in [0.05, 0.1) is 25.3 Å². The zero-order chi connectivity index (χ0) is 34.4. The number of piperidine rings is 1. The topological polar surface area (TPSA) is 84.3 Å². The third-order valence-corrected chi connectivity index (χ3v) is 11.2. The predicted octanol–water partition coefficient (Wildman–Crippen LogP) is 6.82. The summed E-state index contributed by atoms with van der Waals surface area (Å²) in [5.41, 5.74) is 9.29. The number of hydrogen-bond acceptors (Lipinski definition) is 4. The first-order chi connectivity index (χ1) is 22.9. The summed E-state index contributed by atoms with van der Waals surface area (Å²) in [6, 6.07) is 14.4. The SMILES string of the molecule is CC(C)C1CC[NH+](CC[C@@H](CC(=O)C2=Cc3cc4c(nc3C2)CC[C@H](C(C)(C)C)C4)c2ccc(-c3ccc(=O)[nH]c3)cc2)CC1.CC=O. The summed E-state index contributed by atoms with van der Waals surface area (Å²) in [4.78, 5) is 43.9. The molecule has 0 spiro atoms. The lowest BCUT2D eigenvalue weighted by atomic mass is 9.71. The molecule has 6 heteroatoms. The summed E-state index contributed by atoms with van der Waals surface area (Å²) in [5.74, 6) is 2.73. The van der Waals surface area contributed by atoms with Crippen molar-refractivity contribution in [3.63, 3.8) is 0 Å². The minimum Gasteiger partial charge on any atom is -0.335 e. The number of benzene rings is 1. The van der Waals surface area contributed by atoms with Gasteiger partial charge in [-0.25, -0.2) is 0 Å². The van der Waals surface area contributed by atoms with Crippen molar-refractivity contribution in [2.45, 2.75) is 98.8 Å². The smallest absolute Gasteiger partial charge is 0.247 e. The molecule has 0 unspecified atom stereocenters. The number of carbonyl (C=O) groups excluding carboxylic acids is 2. The minimum atomic E-state index is -0.0956. The standard InChI is InChI=1S/C40H51N3O2.C2H4O/c1-26(2)27-14-17-43(18-15-27)19-16-30(28-6-8-29(9-7-28)31-10-13-39(45)41-25-31)24-38(44)34-21-32-20-33-22-35(40(3,4)5)11-12-36(33)42-37(32)23-34;1-2-3/h6-10,13,20-21,25-27,30,35H,11-12,14-19,22-24H2,1-5H3,(H,41,45);2H,1H3/p+1/t30-,35-;/m0./s1. The lowest BCUT2D eigenvalue weighted by molar-refractivity contribution is -0.906. The van der Waals surface area contributed by atoms with Crippen molar-refractivity contribution in [3.05, 3.63) is 92.7 Å². The van der Waals surface area contributed by atoms with Crippen molar-refractivity contribution in [3.8, 4) is 11.1 Å². The van der Waals surface area contributed by atoms with Crippen LogP contribution in [0, 0.1) is 23.2 Å². The van der Waals surface area contributed by atoms with Crippen molar-refractivity contribution in [1.29, 1.82) is 0 Å². The molecular weight excluding hydrogens is 594 g/mol. The number of Topliss-reactive ketones (excluding diaryl/α,β-unsaturated/α-hetero) is 1. The molecule has 3 aromatic rings. The van der Waals surface area contributed by atoms with Crippen LogP contribution in [0.25, 0.3) is 17.2 Å². The van der Waals surface area contributed by atoms with Gasteiger partial charge in [-0.3, -0.25) is 14.6 Å². The fourth-order valence-electron chi connectivity index (χ4n) is 7.95. The van der Waals surface area contributed by atoms with Crippen LogP contribution in [0.1, 0.15) is 108 Å². The maximum atomic E-state index is 14.0. The third-order valence-electron chi connectivity index (χ3n) is 11.2. The lowest BCUT2D eigenvalue weighted by Crippen LogP contribution is -3.13. The maximum Gasteiger partial charge on any atom is 0.247 e. The van der Waals surface area contributed by atoms with Crippen LogP contribution in [-0.2, 0) is 28.9 Å². The van der Waals surface area contributed by atoms with Crippen LogP contribution in [0.3, 0.4) is 0 Å². The van der Waals surface area contributed by atoms with Crippen LogP contribution in [0.4, 0.5) is 0 Å². The van der Waals surface area contributed by atoms with Crippen LogP contribution in [0.2, 0.25) is 0 Å². The van der Waals surface area contributed by atoms with E-state index in [2.05, 4.69) is 76.0 Å². The van der Waals surface area contributed by atoms with E-state index in [0.29, 0.717) is 24.2 Å². The Labute approximate surface area is 287 Å². The number of nitrogens with one attached hydrogen (secondary N) is 2. The summed E-state index contributed by atoms with van der Waals surface area (Å²) in [7, 11) is 0. The van der Waals surface area contributed by atoms with Crippen LogP contribution >= 0.6 is 0 Å². The van der Waals surface area contributed by atoms with Gasteiger partial charge in [-0.05, 0) is 114 Å². The first kappa shape index (κ1) is 35.7. The average Bonchev–Trinajstić information content (AvgIpc) is 3.49. The quantitative estimate of drug-likeness (QED) is 0.249. The highest BCUT2D eigenvalue weighted by Crippen LogP contribution is 2.39. The highest BCUT2D eigenvalue weighted by molar-refractivity contribution is 6.02. The number of likely N-dealkylation sites (tertiary alicyclic amines) is 1. The largest absolute Gasteiger partial charge is 0.335 e. The van der Waals surface area contributed by atoms with Crippen molar-refractivity contribution >= 4 is 18.1 Å². The molecule has 2 aromatic heterocycles. The first-order valence-electron chi connectivity index (χ1n) is 18.2. The van der Waals surface area contributed by atoms with E-state index in [9.17, 15) is 9.59 Å². The Morgan fingerprint density at radius 2 is 1.71 bits per heavy atom. The molecule has 2 atom stereocenters. The van der Waals surface area contributed by atoms with Crippen molar-refractivity contribution < 1.29 is 14.5 Å². The van der Waals surface area contributed by atoms with Crippen LogP contribution in [0.5, 0.6) is 0 Å². The number of fused-ring (bicyclic) bond motifs is 2. The second-order valence-corrected chi connectivity index (χ2v) is 15.8. The van der Waals surface area contributed by atoms with Crippen molar-refractivity contribution in [2.75, 3.05) is 19.6 Å². The summed E-state index contributed by atoms with van der Waals surface area (Å²) in [6.45, 7) is 16.8. The van der Waals surface area contributed by atoms with E-state index in [1.54, 1.807) is 17.2 Å². The predicted molar refractivity (Wildman–Crippen MR) is 195 cm³/mol. The normalized spacial score (nSPS) is 21.0. The van der Waals surface area contributed by atoms with Gasteiger partial charge in [0, 0.05) is 42.8 Å². The molecule has 3 aliphatic rings. The molecule has 1 aromatic carbocycles. The van der Waals surface area contributed by atoms with E-state index in [1.165, 1.54) is 56.1 Å². The number of pyridine rings is 2. The highest BCUT2D eigenvalue weighted by atomic mass is 16.1. The second-order valence-electron chi connectivity index (χ2n) is 15.8. The van der Waals surface area contributed by atoms with E-state index in [1.807, 2.05) is 6.07 Å². The van der Waals surface area contributed by atoms with E-state index in [4.69, 9.17) is 9.78 Å². The lowest BCUT2D eigenvalue weighted by Gasteiger charge is -2.34. The number of carbonyl (C=O) groups is 2. The number of aromatic amines is 1. The number of allylic oxidation sites excluding steroid dienone is 1. The third kappa shape index (κ3) is 8.87. The Balaban J connectivity index is 0.00000145. The second kappa shape index (κ2) is 15.7. The van der Waals surface area contributed by atoms with Gasteiger partial charge in [-0.15, -0.1) is 0 Å². The fraction of sp³-hybridized carbons (Fsp3) is 0.524. The molecule has 0 saturated carbocycles. The van der Waals surface area contributed by atoms with Gasteiger partial charge in [0.2, 0.25) is 5.56 Å². The zero-order valence-electron chi connectivity index (χ0n) is 30.0. The Hall–Kier alpha value is -3.64. The number of hydrogen-bond donors (Lipinski definition) is 2. The summed E-state index contributed by atoms with van der Waals surface area (Å²) < 4.78 is 0. The summed E-state index contributed by atoms with van der Waals surface area (Å²) >= 11 is 0. The summed E-state index contributed by atoms with van der Waals surface area (Å²) in [5, 5.41) is 0. The number of quaternary nitrogens is 1. The zero-order valence-corrected chi connectivity index (χ0v) is 30.0. The van der Waals surface area contributed by atoms with E-state index in [0.717, 1.165) is 71.9 Å². The number of H-pyrrole nitrogens is 1. The molecule has 0 amide bonds. The number of rotatable bonds is 9. The fourth-order valence-corrected chi connectivity index (χ4v) is 7.95. The van der Waals surface area contributed by atoms with Crippen LogP contribution in [-0.4, -0.2) is 41.7 Å². The highest BCUT2D eigenvalue weighted by Gasteiger charge is 2.32. The molecule has 6 rings (SSSR count). The van der Waals surface area contributed by atoms with Crippen molar-refractivity contribution in [2.24, 2.45) is 23.2 Å². The number of nitrogens with zero attached hydrogens (tertiary/aromatic N) is 1. The maximum absolute atomic E-state index is 14.0. The van der Waals surface area contributed by atoms with Gasteiger partial charge < -0.3 is 14.7 Å². The summed E-state index contributed by atoms with van der Waals surface area (Å²) in [6.07, 6.45) is 12.8. The molecule has 0 bridgehead atoms. The Morgan fingerprint density at radius 3 is 2.33 bits per heavy atom. The molecule has 3 heterocycles. The number of aldehydes is 1. The van der Waals surface area contributed by atoms with Gasteiger partial charge in [-0.1, -0.05) is 58.9 Å². The molecule has 256 valence electrons. The monoisotopic (exact) mass is 650 g/mol. The minimum absolute atomic E-state index is 0.0956. The number of ketones is 1. The van der Waals surface area contributed by atoms with Gasteiger partial charge >= 0.3 is 0 Å². The molecule has 2 N–H and O–H groups in total. The number of aryl methyl sites for hydroxylation is 1. The van der Waals surface area contributed by atoms with Gasteiger partial charge in [0.25, 0.3) is 0 Å². The van der Waals surface area contributed by atoms with E-state index >= 15 is 0 Å². The van der Waals surface area contributed by atoms with Gasteiger partial charge in [0.15, 0.2) is 5.78 Å². The number of aromatic nitrogens is 2. The Kier molecular flexibility index (Phi) is 11.7. The molecule has 6 nitrogen and oxygen atoms in total. The first-order valence-corrected chi connectivity index (χ1v) is 18.2. The van der Waals surface area contributed by atoms with Crippen LogP contribution < -0.4 is 10.5 Å². The van der Waals surface area contributed by atoms with E-state index < -0.39 is 0 Å².